The molecule has 0 bridgehead atoms. The standard InChI is InChI=1S/C20H17N5OS/c1-2-19(14-4-6-27-12-14)26-17(1)11-25-5-3-18-16(10-25)9-23-20(24-18)15-7-21-13-22-8-15/h1-2,4,6-9,12-13H,3,5,10-11H2. The van der Waals surface area contributed by atoms with Crippen LogP contribution in [-0.4, -0.2) is 31.4 Å². The maximum Gasteiger partial charge on any atom is 0.162 e. The van der Waals surface area contributed by atoms with Gasteiger partial charge < -0.3 is 4.42 Å². The number of aromatic nitrogens is 4. The molecule has 4 aromatic heterocycles. The third kappa shape index (κ3) is 3.39. The van der Waals surface area contributed by atoms with Gasteiger partial charge in [-0.15, -0.1) is 0 Å². The predicted molar refractivity (Wildman–Crippen MR) is 103 cm³/mol. The summed E-state index contributed by atoms with van der Waals surface area (Å²) in [6.07, 6.45) is 7.82. The van der Waals surface area contributed by atoms with E-state index in [1.54, 1.807) is 23.7 Å². The highest BCUT2D eigenvalue weighted by Gasteiger charge is 2.20. The van der Waals surface area contributed by atoms with Crippen LogP contribution in [0, 0.1) is 0 Å². The highest BCUT2D eigenvalue weighted by atomic mass is 32.1. The first-order chi connectivity index (χ1) is 13.3. The van der Waals surface area contributed by atoms with Gasteiger partial charge in [0.2, 0.25) is 0 Å². The topological polar surface area (TPSA) is 67.9 Å². The van der Waals surface area contributed by atoms with Gasteiger partial charge in [-0.3, -0.25) is 4.90 Å². The largest absolute Gasteiger partial charge is 0.460 e. The fourth-order valence-electron chi connectivity index (χ4n) is 3.31. The lowest BCUT2D eigenvalue weighted by molar-refractivity contribution is 0.224. The summed E-state index contributed by atoms with van der Waals surface area (Å²) in [5, 5.41) is 4.17. The van der Waals surface area contributed by atoms with Crippen LogP contribution in [0.3, 0.4) is 0 Å². The van der Waals surface area contributed by atoms with Gasteiger partial charge in [0.25, 0.3) is 0 Å². The third-order valence-electron chi connectivity index (χ3n) is 4.68. The molecular formula is C20H17N5OS. The molecule has 27 heavy (non-hydrogen) atoms. The number of rotatable bonds is 4. The molecule has 0 atom stereocenters. The Hall–Kier alpha value is -2.90. The van der Waals surface area contributed by atoms with Crippen LogP contribution in [0.4, 0.5) is 0 Å². The lowest BCUT2D eigenvalue weighted by Crippen LogP contribution is -2.30. The first kappa shape index (κ1) is 16.3. The highest BCUT2D eigenvalue weighted by molar-refractivity contribution is 7.08. The molecule has 134 valence electrons. The van der Waals surface area contributed by atoms with Crippen molar-refractivity contribution in [2.75, 3.05) is 6.54 Å². The Balaban J connectivity index is 1.30. The van der Waals surface area contributed by atoms with Crippen LogP contribution in [0.2, 0.25) is 0 Å². The minimum absolute atomic E-state index is 0.689. The Morgan fingerprint density at radius 2 is 2.00 bits per heavy atom. The Morgan fingerprint density at radius 3 is 2.85 bits per heavy atom. The fourth-order valence-corrected chi connectivity index (χ4v) is 3.95. The molecule has 0 N–H and O–H groups in total. The minimum Gasteiger partial charge on any atom is -0.460 e. The van der Waals surface area contributed by atoms with Gasteiger partial charge >= 0.3 is 0 Å². The summed E-state index contributed by atoms with van der Waals surface area (Å²) in [4.78, 5) is 19.7. The molecule has 6 nitrogen and oxygen atoms in total. The number of fused-ring (bicyclic) bond motifs is 1. The molecule has 4 aromatic rings. The van der Waals surface area contributed by atoms with Crippen LogP contribution in [0.5, 0.6) is 0 Å². The van der Waals surface area contributed by atoms with E-state index in [1.807, 2.05) is 12.3 Å². The summed E-state index contributed by atoms with van der Waals surface area (Å²) >= 11 is 1.68. The van der Waals surface area contributed by atoms with Gasteiger partial charge in [0.1, 0.15) is 17.8 Å². The van der Waals surface area contributed by atoms with E-state index in [9.17, 15) is 0 Å². The highest BCUT2D eigenvalue weighted by Crippen LogP contribution is 2.26. The van der Waals surface area contributed by atoms with E-state index < -0.39 is 0 Å². The van der Waals surface area contributed by atoms with Gasteiger partial charge in [0.15, 0.2) is 5.82 Å². The predicted octanol–water partition coefficient (Wildman–Crippen LogP) is 3.81. The van der Waals surface area contributed by atoms with Crippen LogP contribution in [0.15, 0.2) is 58.3 Å². The van der Waals surface area contributed by atoms with E-state index in [-0.39, 0.29) is 0 Å². The van der Waals surface area contributed by atoms with Gasteiger partial charge in [-0.1, -0.05) is 0 Å². The summed E-state index contributed by atoms with van der Waals surface area (Å²) in [5.74, 6) is 2.61. The second-order valence-corrected chi connectivity index (χ2v) is 7.31. The monoisotopic (exact) mass is 375 g/mol. The van der Waals surface area contributed by atoms with Crippen LogP contribution in [0.25, 0.3) is 22.7 Å². The zero-order valence-corrected chi connectivity index (χ0v) is 15.4. The molecule has 5 rings (SSSR count). The molecule has 0 unspecified atom stereocenters. The van der Waals surface area contributed by atoms with Crippen molar-refractivity contribution in [3.05, 3.63) is 70.9 Å². The summed E-state index contributed by atoms with van der Waals surface area (Å²) < 4.78 is 6.02. The Morgan fingerprint density at radius 1 is 1.07 bits per heavy atom. The van der Waals surface area contributed by atoms with Crippen molar-refractivity contribution in [3.8, 4) is 22.7 Å². The molecule has 7 heteroatoms. The van der Waals surface area contributed by atoms with Crippen molar-refractivity contribution >= 4 is 11.3 Å². The molecule has 1 aliphatic rings. The quantitative estimate of drug-likeness (QED) is 0.540. The van der Waals surface area contributed by atoms with Crippen molar-refractivity contribution in [3.63, 3.8) is 0 Å². The first-order valence-electron chi connectivity index (χ1n) is 8.79. The van der Waals surface area contributed by atoms with Crippen molar-refractivity contribution in [2.45, 2.75) is 19.5 Å². The zero-order valence-electron chi connectivity index (χ0n) is 14.6. The molecule has 1 aliphatic heterocycles. The number of nitrogens with zero attached hydrogens (tertiary/aromatic N) is 5. The number of hydrogen-bond acceptors (Lipinski definition) is 7. The lowest BCUT2D eigenvalue weighted by atomic mass is 10.1. The summed E-state index contributed by atoms with van der Waals surface area (Å²) in [6, 6.07) is 6.20. The van der Waals surface area contributed by atoms with Gasteiger partial charge in [0, 0.05) is 54.6 Å². The van der Waals surface area contributed by atoms with Crippen LogP contribution in [0.1, 0.15) is 17.0 Å². The molecule has 0 fully saturated rings. The van der Waals surface area contributed by atoms with E-state index in [2.05, 4.69) is 42.7 Å². The third-order valence-corrected chi connectivity index (χ3v) is 5.36. The molecule has 0 aliphatic carbocycles. The summed E-state index contributed by atoms with van der Waals surface area (Å²) in [5.41, 5.74) is 4.27. The number of furan rings is 1. The van der Waals surface area contributed by atoms with Crippen LogP contribution >= 0.6 is 11.3 Å². The number of hydrogen-bond donors (Lipinski definition) is 0. The fraction of sp³-hybridized carbons (Fsp3) is 0.200. The van der Waals surface area contributed by atoms with E-state index in [1.165, 1.54) is 11.9 Å². The van der Waals surface area contributed by atoms with Gasteiger partial charge in [-0.05, 0) is 23.6 Å². The lowest BCUT2D eigenvalue weighted by Gasteiger charge is -2.27. The molecule has 0 spiro atoms. The Bertz CT molecular complexity index is 1050. The van der Waals surface area contributed by atoms with Crippen LogP contribution < -0.4 is 0 Å². The molecule has 5 heterocycles. The number of thiophene rings is 1. The van der Waals surface area contributed by atoms with Crippen molar-refractivity contribution < 1.29 is 4.42 Å². The van der Waals surface area contributed by atoms with Gasteiger partial charge in [-0.2, -0.15) is 11.3 Å². The van der Waals surface area contributed by atoms with Crippen LogP contribution in [-0.2, 0) is 19.5 Å². The molecule has 0 saturated carbocycles. The van der Waals surface area contributed by atoms with Gasteiger partial charge in [0.05, 0.1) is 17.8 Å². The SMILES string of the molecule is c1ncc(-c2ncc3c(n2)CCN(Cc2ccc(-c4ccsc4)o2)C3)cn1. The second kappa shape index (κ2) is 7.02. The Kier molecular flexibility index (Phi) is 4.23. The summed E-state index contributed by atoms with van der Waals surface area (Å²) in [6.45, 7) is 2.57. The van der Waals surface area contributed by atoms with E-state index in [0.29, 0.717) is 5.82 Å². The zero-order chi connectivity index (χ0) is 18.1. The summed E-state index contributed by atoms with van der Waals surface area (Å²) in [7, 11) is 0. The molecule has 0 saturated heterocycles. The average molecular weight is 375 g/mol. The first-order valence-corrected chi connectivity index (χ1v) is 9.73. The minimum atomic E-state index is 0.689. The van der Waals surface area contributed by atoms with Gasteiger partial charge in [-0.25, -0.2) is 19.9 Å². The molecule has 0 radical (unpaired) electrons. The average Bonchev–Trinajstić information content (AvgIpc) is 3.40. The van der Waals surface area contributed by atoms with Crippen molar-refractivity contribution in [1.82, 2.24) is 24.8 Å². The maximum atomic E-state index is 6.02. The maximum absolute atomic E-state index is 6.02. The van der Waals surface area contributed by atoms with E-state index in [4.69, 9.17) is 9.40 Å². The second-order valence-electron chi connectivity index (χ2n) is 6.53. The normalized spacial score (nSPS) is 14.2. The van der Waals surface area contributed by atoms with E-state index >= 15 is 0 Å². The molecule has 0 amide bonds. The molecule has 0 aromatic carbocycles. The van der Waals surface area contributed by atoms with Crippen molar-refractivity contribution in [1.29, 1.82) is 0 Å². The smallest absolute Gasteiger partial charge is 0.162 e. The van der Waals surface area contributed by atoms with E-state index in [0.717, 1.165) is 54.4 Å². The van der Waals surface area contributed by atoms with Crippen molar-refractivity contribution in [2.24, 2.45) is 0 Å². The Labute approximate surface area is 160 Å². The molecular weight excluding hydrogens is 358 g/mol.